The highest BCUT2D eigenvalue weighted by Crippen LogP contribution is 2.24. The molecule has 142 valence electrons. The van der Waals surface area contributed by atoms with Crippen LogP contribution >= 0.6 is 0 Å². The fraction of sp³-hybridized carbons (Fsp3) is 0.600. The van der Waals surface area contributed by atoms with Gasteiger partial charge < -0.3 is 19.7 Å². The third-order valence-corrected chi connectivity index (χ3v) is 5.06. The molecule has 0 saturated carbocycles. The number of nitrogens with zero attached hydrogens (tertiary/aromatic N) is 2. The Morgan fingerprint density at radius 1 is 1.42 bits per heavy atom. The van der Waals surface area contributed by atoms with Gasteiger partial charge in [-0.1, -0.05) is 12.2 Å². The maximum absolute atomic E-state index is 12.4. The molecule has 1 amide bonds. The molecule has 0 aromatic carbocycles. The number of hydrogen-bond acceptors (Lipinski definition) is 5. The number of aromatic nitrogens is 1. The lowest BCUT2D eigenvalue weighted by Gasteiger charge is -2.41. The van der Waals surface area contributed by atoms with E-state index in [-0.39, 0.29) is 17.9 Å². The van der Waals surface area contributed by atoms with Crippen LogP contribution in [0.5, 0.6) is 5.75 Å². The van der Waals surface area contributed by atoms with Crippen LogP contribution in [0, 0.1) is 5.92 Å². The Morgan fingerprint density at radius 3 is 2.92 bits per heavy atom. The van der Waals surface area contributed by atoms with Crippen LogP contribution in [0.25, 0.3) is 6.08 Å². The normalized spacial score (nSPS) is 20.2. The van der Waals surface area contributed by atoms with Crippen LogP contribution in [0.3, 0.4) is 0 Å². The fourth-order valence-corrected chi connectivity index (χ4v) is 3.21. The van der Waals surface area contributed by atoms with Gasteiger partial charge in [-0.05, 0) is 44.9 Å². The topological polar surface area (TPSA) is 63.7 Å². The molecular formula is C20H29N3O3. The standard InChI is InChI=1S/C20H29N3O3/c1-15(21-2)4-3-5-16-10-18(12-22-11-16)26-19-13-23(14-19)20(24)17-6-8-25-9-7-17/h3,5,10-12,15,17,19,21H,4,6-9,13-14H2,1-2H3/t15-/m0/s1. The molecule has 1 N–H and O–H groups in total. The number of amides is 1. The van der Waals surface area contributed by atoms with Crippen LogP contribution in [-0.2, 0) is 9.53 Å². The molecule has 2 aliphatic heterocycles. The third-order valence-electron chi connectivity index (χ3n) is 5.06. The number of pyridine rings is 1. The summed E-state index contributed by atoms with van der Waals surface area (Å²) in [6, 6.07) is 2.45. The van der Waals surface area contributed by atoms with Gasteiger partial charge in [0.05, 0.1) is 19.3 Å². The molecular weight excluding hydrogens is 330 g/mol. The van der Waals surface area contributed by atoms with Crippen molar-refractivity contribution in [2.75, 3.05) is 33.4 Å². The lowest BCUT2D eigenvalue weighted by molar-refractivity contribution is -0.147. The van der Waals surface area contributed by atoms with Gasteiger partial charge in [-0.3, -0.25) is 9.78 Å². The van der Waals surface area contributed by atoms with Crippen molar-refractivity contribution in [3.63, 3.8) is 0 Å². The van der Waals surface area contributed by atoms with E-state index in [0.717, 1.165) is 30.6 Å². The van der Waals surface area contributed by atoms with Crippen LogP contribution in [0.4, 0.5) is 0 Å². The van der Waals surface area contributed by atoms with Gasteiger partial charge in [0, 0.05) is 31.4 Å². The summed E-state index contributed by atoms with van der Waals surface area (Å²) in [6.07, 6.45) is 10.5. The minimum atomic E-state index is 0.0594. The van der Waals surface area contributed by atoms with Crippen molar-refractivity contribution in [1.82, 2.24) is 15.2 Å². The Balaban J connectivity index is 1.45. The SMILES string of the molecule is CN[C@@H](C)CC=Cc1cncc(OC2CN(C(=O)C3CCOCC3)C2)c1. The average molecular weight is 359 g/mol. The summed E-state index contributed by atoms with van der Waals surface area (Å²) in [5.74, 6) is 1.14. The number of ether oxygens (including phenoxy) is 2. The smallest absolute Gasteiger partial charge is 0.226 e. The Labute approximate surface area is 155 Å². The van der Waals surface area contributed by atoms with Gasteiger partial charge in [0.25, 0.3) is 0 Å². The summed E-state index contributed by atoms with van der Waals surface area (Å²) >= 11 is 0. The van der Waals surface area contributed by atoms with Crippen molar-refractivity contribution < 1.29 is 14.3 Å². The third kappa shape index (κ3) is 5.05. The van der Waals surface area contributed by atoms with Gasteiger partial charge in [0.15, 0.2) is 0 Å². The fourth-order valence-electron chi connectivity index (χ4n) is 3.21. The average Bonchev–Trinajstić information content (AvgIpc) is 2.64. The predicted molar refractivity (Wildman–Crippen MR) is 101 cm³/mol. The molecule has 3 rings (SSSR count). The maximum atomic E-state index is 12.4. The first-order chi connectivity index (χ1) is 12.7. The van der Waals surface area contributed by atoms with E-state index in [1.54, 1.807) is 6.20 Å². The highest BCUT2D eigenvalue weighted by atomic mass is 16.5. The summed E-state index contributed by atoms with van der Waals surface area (Å²) in [5, 5.41) is 3.21. The second kappa shape index (κ2) is 9.14. The van der Waals surface area contributed by atoms with E-state index >= 15 is 0 Å². The van der Waals surface area contributed by atoms with Crippen molar-refractivity contribution in [3.05, 3.63) is 30.1 Å². The van der Waals surface area contributed by atoms with Crippen molar-refractivity contribution in [2.45, 2.75) is 38.3 Å². The van der Waals surface area contributed by atoms with E-state index in [9.17, 15) is 4.79 Å². The minimum absolute atomic E-state index is 0.0594. The maximum Gasteiger partial charge on any atom is 0.226 e. The number of carbonyl (C=O) groups is 1. The Hall–Kier alpha value is -1.92. The second-order valence-electron chi connectivity index (χ2n) is 7.15. The van der Waals surface area contributed by atoms with E-state index < -0.39 is 0 Å². The van der Waals surface area contributed by atoms with E-state index in [1.807, 2.05) is 24.2 Å². The molecule has 1 aromatic heterocycles. The van der Waals surface area contributed by atoms with Gasteiger partial charge in [-0.2, -0.15) is 0 Å². The van der Waals surface area contributed by atoms with Crippen molar-refractivity contribution in [1.29, 1.82) is 0 Å². The summed E-state index contributed by atoms with van der Waals surface area (Å²) in [5.41, 5.74) is 1.03. The summed E-state index contributed by atoms with van der Waals surface area (Å²) in [7, 11) is 1.96. The molecule has 0 aliphatic carbocycles. The largest absolute Gasteiger partial charge is 0.485 e. The molecule has 2 aliphatic rings. The lowest BCUT2D eigenvalue weighted by atomic mass is 9.96. The number of nitrogens with one attached hydrogen (secondary N) is 1. The monoisotopic (exact) mass is 359 g/mol. The highest BCUT2D eigenvalue weighted by molar-refractivity contribution is 5.79. The zero-order valence-electron chi connectivity index (χ0n) is 15.7. The first-order valence-electron chi connectivity index (χ1n) is 9.47. The van der Waals surface area contributed by atoms with Crippen LogP contribution in [0.15, 0.2) is 24.5 Å². The molecule has 0 bridgehead atoms. The van der Waals surface area contributed by atoms with Crippen LogP contribution in [-0.4, -0.2) is 61.3 Å². The molecule has 6 nitrogen and oxygen atoms in total. The van der Waals surface area contributed by atoms with Crippen molar-refractivity contribution in [3.8, 4) is 5.75 Å². The van der Waals surface area contributed by atoms with Crippen LogP contribution in [0.2, 0.25) is 0 Å². The summed E-state index contributed by atoms with van der Waals surface area (Å²) in [4.78, 5) is 18.6. The zero-order chi connectivity index (χ0) is 18.4. The van der Waals surface area contributed by atoms with Gasteiger partial charge in [0.2, 0.25) is 5.91 Å². The first-order valence-corrected chi connectivity index (χ1v) is 9.47. The Bertz CT molecular complexity index is 622. The Kier molecular flexibility index (Phi) is 6.63. The summed E-state index contributed by atoms with van der Waals surface area (Å²) < 4.78 is 11.3. The number of carbonyl (C=O) groups excluding carboxylic acids is 1. The number of hydrogen-bond donors (Lipinski definition) is 1. The Morgan fingerprint density at radius 2 is 2.19 bits per heavy atom. The highest BCUT2D eigenvalue weighted by Gasteiger charge is 2.36. The number of likely N-dealkylation sites (tertiary alicyclic amines) is 1. The molecule has 0 radical (unpaired) electrons. The lowest BCUT2D eigenvalue weighted by Crippen LogP contribution is -2.58. The van der Waals surface area contributed by atoms with E-state index in [2.05, 4.69) is 29.4 Å². The minimum Gasteiger partial charge on any atom is -0.485 e. The van der Waals surface area contributed by atoms with Gasteiger partial charge in [-0.15, -0.1) is 0 Å². The van der Waals surface area contributed by atoms with Crippen LogP contribution < -0.4 is 10.1 Å². The molecule has 2 saturated heterocycles. The molecule has 26 heavy (non-hydrogen) atoms. The molecule has 6 heteroatoms. The zero-order valence-corrected chi connectivity index (χ0v) is 15.7. The van der Waals surface area contributed by atoms with E-state index in [0.29, 0.717) is 32.3 Å². The van der Waals surface area contributed by atoms with Gasteiger partial charge in [0.1, 0.15) is 11.9 Å². The molecule has 1 atom stereocenters. The molecule has 0 unspecified atom stereocenters. The van der Waals surface area contributed by atoms with Crippen molar-refractivity contribution in [2.24, 2.45) is 5.92 Å². The predicted octanol–water partition coefficient (Wildman–Crippen LogP) is 2.11. The quantitative estimate of drug-likeness (QED) is 0.808. The van der Waals surface area contributed by atoms with Crippen molar-refractivity contribution >= 4 is 12.0 Å². The molecule has 1 aromatic rings. The summed E-state index contributed by atoms with van der Waals surface area (Å²) in [6.45, 7) is 4.87. The van der Waals surface area contributed by atoms with Gasteiger partial charge in [-0.25, -0.2) is 0 Å². The van der Waals surface area contributed by atoms with E-state index in [1.165, 1.54) is 0 Å². The molecule has 3 heterocycles. The molecule has 2 fully saturated rings. The second-order valence-corrected chi connectivity index (χ2v) is 7.15. The molecule has 0 spiro atoms. The van der Waals surface area contributed by atoms with E-state index in [4.69, 9.17) is 9.47 Å². The van der Waals surface area contributed by atoms with Crippen LogP contribution in [0.1, 0.15) is 31.7 Å². The first kappa shape index (κ1) is 18.9. The number of rotatable bonds is 7. The van der Waals surface area contributed by atoms with Gasteiger partial charge >= 0.3 is 0 Å².